The summed E-state index contributed by atoms with van der Waals surface area (Å²) in [5.74, 6) is 0.950. The number of fused-ring (bicyclic) bond motifs is 5. The van der Waals surface area contributed by atoms with E-state index in [2.05, 4.69) is 30.3 Å². The first-order valence-corrected chi connectivity index (χ1v) is 7.19. The van der Waals surface area contributed by atoms with Crippen molar-refractivity contribution in [3.05, 3.63) is 41.5 Å². The molecule has 0 fully saturated rings. The third-order valence-corrected chi connectivity index (χ3v) is 5.04. The minimum atomic E-state index is 0.950. The van der Waals surface area contributed by atoms with Gasteiger partial charge in [-0.15, -0.1) is 11.3 Å². The molecule has 90 valence electrons. The minimum absolute atomic E-state index is 0.950. The maximum Gasteiger partial charge on any atom is 0.120 e. The zero-order valence-electron chi connectivity index (χ0n) is 10.3. The number of methoxy groups -OCH3 is 1. The Morgan fingerprint density at radius 1 is 1.06 bits per heavy atom. The predicted molar refractivity (Wildman–Crippen MR) is 77.9 cm³/mol. The highest BCUT2D eigenvalue weighted by Crippen LogP contribution is 2.41. The second kappa shape index (κ2) is 3.72. The van der Waals surface area contributed by atoms with Gasteiger partial charge in [-0.05, 0) is 54.7 Å². The lowest BCUT2D eigenvalue weighted by molar-refractivity contribution is 0.415. The maximum atomic E-state index is 5.32. The van der Waals surface area contributed by atoms with Gasteiger partial charge >= 0.3 is 0 Å². The van der Waals surface area contributed by atoms with Crippen molar-refractivity contribution < 1.29 is 4.74 Å². The molecule has 0 N–H and O–H groups in total. The summed E-state index contributed by atoms with van der Waals surface area (Å²) in [6, 6.07) is 11.0. The van der Waals surface area contributed by atoms with Crippen LogP contribution in [0.5, 0.6) is 5.75 Å². The highest BCUT2D eigenvalue weighted by atomic mass is 32.1. The topological polar surface area (TPSA) is 9.23 Å². The predicted octanol–water partition coefficient (Wildman–Crippen LogP) is 4.55. The molecule has 0 spiro atoms. The van der Waals surface area contributed by atoms with E-state index in [4.69, 9.17) is 4.74 Å². The summed E-state index contributed by atoms with van der Waals surface area (Å²) in [5, 5.41) is 2.89. The zero-order chi connectivity index (χ0) is 12.1. The Balaban J connectivity index is 2.14. The highest BCUT2D eigenvalue weighted by Gasteiger charge is 2.17. The van der Waals surface area contributed by atoms with Crippen LogP contribution in [0.1, 0.15) is 17.5 Å². The van der Waals surface area contributed by atoms with Crippen molar-refractivity contribution >= 4 is 31.5 Å². The van der Waals surface area contributed by atoms with Gasteiger partial charge in [0.1, 0.15) is 5.75 Å². The molecule has 0 radical (unpaired) electrons. The SMILES string of the molecule is COc1ccc2c(c1)sc1ccc3c(c12)CCC3. The Labute approximate surface area is 110 Å². The van der Waals surface area contributed by atoms with Gasteiger partial charge < -0.3 is 4.74 Å². The Morgan fingerprint density at radius 3 is 2.89 bits per heavy atom. The average Bonchev–Trinajstić information content (AvgIpc) is 3.00. The molecule has 0 saturated carbocycles. The molecule has 2 aromatic carbocycles. The monoisotopic (exact) mass is 254 g/mol. The summed E-state index contributed by atoms with van der Waals surface area (Å²) in [7, 11) is 1.73. The number of hydrogen-bond acceptors (Lipinski definition) is 2. The lowest BCUT2D eigenvalue weighted by Crippen LogP contribution is -1.83. The zero-order valence-corrected chi connectivity index (χ0v) is 11.1. The molecule has 1 aromatic heterocycles. The standard InChI is InChI=1S/C16H14OS/c1-17-11-6-7-13-15(9-11)18-14-8-5-10-3-2-4-12(10)16(13)14/h5-9H,2-4H2,1H3. The van der Waals surface area contributed by atoms with Crippen LogP contribution in [-0.4, -0.2) is 7.11 Å². The van der Waals surface area contributed by atoms with Gasteiger partial charge in [0.05, 0.1) is 7.11 Å². The molecule has 3 aromatic rings. The number of rotatable bonds is 1. The van der Waals surface area contributed by atoms with E-state index in [1.54, 1.807) is 18.2 Å². The fourth-order valence-corrected chi connectivity index (χ4v) is 4.23. The van der Waals surface area contributed by atoms with Crippen LogP contribution in [0.15, 0.2) is 30.3 Å². The summed E-state index contributed by atoms with van der Waals surface area (Å²) >= 11 is 1.88. The van der Waals surface area contributed by atoms with Gasteiger partial charge in [0.15, 0.2) is 0 Å². The number of hydrogen-bond donors (Lipinski definition) is 0. The van der Waals surface area contributed by atoms with Crippen LogP contribution in [0.25, 0.3) is 20.2 Å². The first-order chi connectivity index (χ1) is 8.86. The number of ether oxygens (including phenoxy) is 1. The number of thiophene rings is 1. The molecule has 0 unspecified atom stereocenters. The smallest absolute Gasteiger partial charge is 0.120 e. The van der Waals surface area contributed by atoms with Crippen molar-refractivity contribution in [3.8, 4) is 5.75 Å². The fraction of sp³-hybridized carbons (Fsp3) is 0.250. The van der Waals surface area contributed by atoms with Gasteiger partial charge in [0.25, 0.3) is 0 Å². The Bertz CT molecular complexity index is 754. The Hall–Kier alpha value is -1.54. The quantitative estimate of drug-likeness (QED) is 0.619. The highest BCUT2D eigenvalue weighted by molar-refractivity contribution is 7.25. The maximum absolute atomic E-state index is 5.32. The van der Waals surface area contributed by atoms with Crippen LogP contribution in [0.4, 0.5) is 0 Å². The van der Waals surface area contributed by atoms with Crippen LogP contribution in [0.3, 0.4) is 0 Å². The molecule has 1 heterocycles. The molecule has 0 bridgehead atoms. The second-order valence-corrected chi connectivity index (χ2v) is 5.98. The van der Waals surface area contributed by atoms with Gasteiger partial charge in [-0.3, -0.25) is 0 Å². The van der Waals surface area contributed by atoms with Crippen LogP contribution in [-0.2, 0) is 12.8 Å². The van der Waals surface area contributed by atoms with E-state index in [0.29, 0.717) is 0 Å². The van der Waals surface area contributed by atoms with Crippen LogP contribution >= 0.6 is 11.3 Å². The van der Waals surface area contributed by atoms with Crippen molar-refractivity contribution in [1.82, 2.24) is 0 Å². The van der Waals surface area contributed by atoms with Gasteiger partial charge in [-0.2, -0.15) is 0 Å². The second-order valence-electron chi connectivity index (χ2n) is 4.89. The van der Waals surface area contributed by atoms with E-state index in [1.807, 2.05) is 11.3 Å². The minimum Gasteiger partial charge on any atom is -0.497 e. The molecular weight excluding hydrogens is 240 g/mol. The molecule has 4 rings (SSSR count). The Morgan fingerprint density at radius 2 is 2.00 bits per heavy atom. The van der Waals surface area contributed by atoms with E-state index in [1.165, 1.54) is 39.4 Å². The van der Waals surface area contributed by atoms with E-state index < -0.39 is 0 Å². The third-order valence-electron chi connectivity index (χ3n) is 3.92. The lowest BCUT2D eigenvalue weighted by Gasteiger charge is -2.02. The van der Waals surface area contributed by atoms with Gasteiger partial charge in [0, 0.05) is 20.2 Å². The molecule has 1 aliphatic carbocycles. The first kappa shape index (κ1) is 10.4. The summed E-state index contributed by atoms with van der Waals surface area (Å²) in [6.07, 6.45) is 3.80. The summed E-state index contributed by atoms with van der Waals surface area (Å²) in [6.45, 7) is 0. The summed E-state index contributed by atoms with van der Waals surface area (Å²) < 4.78 is 8.07. The van der Waals surface area contributed by atoms with Crippen molar-refractivity contribution in [2.45, 2.75) is 19.3 Å². The first-order valence-electron chi connectivity index (χ1n) is 6.38. The number of aryl methyl sites for hydroxylation is 2. The van der Waals surface area contributed by atoms with Gasteiger partial charge in [-0.25, -0.2) is 0 Å². The average molecular weight is 254 g/mol. The van der Waals surface area contributed by atoms with Crippen molar-refractivity contribution in [3.63, 3.8) is 0 Å². The van der Waals surface area contributed by atoms with Crippen LogP contribution in [0, 0.1) is 0 Å². The van der Waals surface area contributed by atoms with Crippen LogP contribution < -0.4 is 4.74 Å². The molecular formula is C16H14OS. The molecule has 18 heavy (non-hydrogen) atoms. The Kier molecular flexibility index (Phi) is 2.15. The van der Waals surface area contributed by atoms with Gasteiger partial charge in [-0.1, -0.05) is 6.07 Å². The number of benzene rings is 2. The molecule has 0 saturated heterocycles. The lowest BCUT2D eigenvalue weighted by atomic mass is 10.0. The van der Waals surface area contributed by atoms with E-state index >= 15 is 0 Å². The van der Waals surface area contributed by atoms with Crippen molar-refractivity contribution in [2.75, 3.05) is 7.11 Å². The van der Waals surface area contributed by atoms with E-state index in [0.717, 1.165) is 5.75 Å². The molecule has 0 atom stereocenters. The van der Waals surface area contributed by atoms with Crippen molar-refractivity contribution in [2.24, 2.45) is 0 Å². The third kappa shape index (κ3) is 1.33. The van der Waals surface area contributed by atoms with Crippen LogP contribution in [0.2, 0.25) is 0 Å². The molecule has 1 nitrogen and oxygen atoms in total. The molecule has 2 heteroatoms. The van der Waals surface area contributed by atoms with Gasteiger partial charge in [0.2, 0.25) is 0 Å². The molecule has 0 amide bonds. The summed E-state index contributed by atoms with van der Waals surface area (Å²) in [4.78, 5) is 0. The normalized spacial score (nSPS) is 14.3. The van der Waals surface area contributed by atoms with E-state index in [9.17, 15) is 0 Å². The summed E-state index contributed by atoms with van der Waals surface area (Å²) in [5.41, 5.74) is 3.14. The molecule has 0 aliphatic heterocycles. The largest absolute Gasteiger partial charge is 0.497 e. The van der Waals surface area contributed by atoms with E-state index in [-0.39, 0.29) is 0 Å². The van der Waals surface area contributed by atoms with Crippen molar-refractivity contribution in [1.29, 1.82) is 0 Å². The fourth-order valence-electron chi connectivity index (χ4n) is 3.06. The molecule has 1 aliphatic rings.